The van der Waals surface area contributed by atoms with Crippen molar-refractivity contribution < 1.29 is 33.5 Å². The summed E-state index contributed by atoms with van der Waals surface area (Å²) in [7, 11) is 9.19. The van der Waals surface area contributed by atoms with Gasteiger partial charge in [-0.25, -0.2) is 9.59 Å². The molecule has 0 aliphatic rings. The Labute approximate surface area is 133 Å². The number of nitrogens with zero attached hydrogens (tertiary/aromatic N) is 2. The van der Waals surface area contributed by atoms with Gasteiger partial charge in [0.1, 0.15) is 0 Å². The van der Waals surface area contributed by atoms with Gasteiger partial charge in [-0.1, -0.05) is 12.2 Å². The predicted molar refractivity (Wildman–Crippen MR) is 85.4 cm³/mol. The lowest BCUT2D eigenvalue weighted by Gasteiger charge is -2.33. The monoisotopic (exact) mass is 320 g/mol. The summed E-state index contributed by atoms with van der Waals surface area (Å²) in [6.45, 7) is 8.18. The van der Waals surface area contributed by atoms with E-state index in [1.54, 1.807) is 0 Å². The van der Waals surface area contributed by atoms with Crippen LogP contribution in [0.4, 0.5) is 0 Å². The number of carboxylic acid groups (broad SMARTS) is 2. The third-order valence-corrected chi connectivity index (χ3v) is 2.71. The number of hydrogen-bond acceptors (Lipinski definition) is 3. The number of carboxylic acids is 2. The molecule has 0 radical (unpaired) electrons. The van der Waals surface area contributed by atoms with Crippen molar-refractivity contribution in [1.29, 1.82) is 0 Å². The molecule has 0 rings (SSSR count). The molecule has 7 nitrogen and oxygen atoms in total. The Kier molecular flexibility index (Phi) is 9.91. The SMILES string of the molecule is C=C(C)COC(C)[N+](C)(C)CC(=O)O.C[N+](C)(C)CC(=O)O. The topological polar surface area (TPSA) is 83.8 Å². The highest BCUT2D eigenvalue weighted by Gasteiger charge is 2.27. The van der Waals surface area contributed by atoms with Crippen LogP contribution in [0.2, 0.25) is 0 Å². The lowest BCUT2D eigenvalue weighted by molar-refractivity contribution is -0.928. The van der Waals surface area contributed by atoms with Gasteiger partial charge in [-0.2, -0.15) is 0 Å². The van der Waals surface area contributed by atoms with E-state index in [0.717, 1.165) is 5.57 Å². The molecule has 0 saturated heterocycles. The molecule has 0 aromatic heterocycles. The normalized spacial score (nSPS) is 12.9. The highest BCUT2D eigenvalue weighted by molar-refractivity contribution is 5.68. The number of aliphatic carboxylic acids is 2. The maximum absolute atomic E-state index is 10.6. The van der Waals surface area contributed by atoms with Crippen LogP contribution in [-0.4, -0.2) is 92.3 Å². The van der Waals surface area contributed by atoms with Crippen molar-refractivity contribution in [2.24, 2.45) is 0 Å². The second-order valence-corrected chi connectivity index (χ2v) is 7.04. The number of hydrogen-bond donors (Lipinski definition) is 2. The summed E-state index contributed by atoms with van der Waals surface area (Å²) in [6, 6.07) is 0. The van der Waals surface area contributed by atoms with Crippen LogP contribution in [0.3, 0.4) is 0 Å². The van der Waals surface area contributed by atoms with Gasteiger partial charge in [0.25, 0.3) is 0 Å². The Hall–Kier alpha value is -1.44. The molecule has 22 heavy (non-hydrogen) atoms. The van der Waals surface area contributed by atoms with E-state index in [2.05, 4.69) is 6.58 Å². The highest BCUT2D eigenvalue weighted by atomic mass is 16.5. The Morgan fingerprint density at radius 3 is 1.68 bits per heavy atom. The molecule has 1 atom stereocenters. The van der Waals surface area contributed by atoms with Gasteiger partial charge in [0.05, 0.1) is 41.8 Å². The van der Waals surface area contributed by atoms with Crippen molar-refractivity contribution in [1.82, 2.24) is 0 Å². The molecular weight excluding hydrogens is 288 g/mol. The molecule has 0 fully saturated rings. The molecule has 130 valence electrons. The van der Waals surface area contributed by atoms with Crippen molar-refractivity contribution in [2.45, 2.75) is 20.1 Å². The van der Waals surface area contributed by atoms with Crippen molar-refractivity contribution in [3.8, 4) is 0 Å². The molecule has 0 aromatic carbocycles. The number of quaternary nitrogens is 2. The summed E-state index contributed by atoms with van der Waals surface area (Å²) in [5.74, 6) is -1.57. The maximum Gasteiger partial charge on any atom is 0.359 e. The minimum atomic E-state index is -0.819. The molecule has 0 aliphatic heterocycles. The zero-order valence-corrected chi connectivity index (χ0v) is 14.9. The van der Waals surface area contributed by atoms with Crippen molar-refractivity contribution in [3.63, 3.8) is 0 Å². The van der Waals surface area contributed by atoms with Gasteiger partial charge in [0.2, 0.25) is 0 Å². The van der Waals surface area contributed by atoms with Crippen LogP contribution in [0.5, 0.6) is 0 Å². The van der Waals surface area contributed by atoms with Gasteiger partial charge in [-0.3, -0.25) is 4.48 Å². The van der Waals surface area contributed by atoms with Crippen LogP contribution in [0, 0.1) is 0 Å². The summed E-state index contributed by atoms with van der Waals surface area (Å²) < 4.78 is 6.27. The first-order chi connectivity index (χ1) is 9.67. The third kappa shape index (κ3) is 15.0. The van der Waals surface area contributed by atoms with E-state index in [1.807, 2.05) is 49.1 Å². The molecule has 0 spiro atoms. The molecule has 7 heteroatoms. The molecule has 0 amide bonds. The van der Waals surface area contributed by atoms with E-state index in [4.69, 9.17) is 14.9 Å². The fraction of sp³-hybridized carbons (Fsp3) is 0.733. The van der Waals surface area contributed by atoms with E-state index in [9.17, 15) is 9.59 Å². The molecule has 0 aliphatic carbocycles. The van der Waals surface area contributed by atoms with E-state index in [1.165, 1.54) is 0 Å². The number of likely N-dealkylation sites (N-methyl/N-ethyl adjacent to an activating group) is 2. The lowest BCUT2D eigenvalue weighted by Crippen LogP contribution is -2.51. The number of carbonyl (C=O) groups is 2. The van der Waals surface area contributed by atoms with Gasteiger partial charge in [0.15, 0.2) is 19.3 Å². The Morgan fingerprint density at radius 1 is 1.05 bits per heavy atom. The first-order valence-electron chi connectivity index (χ1n) is 7.00. The zero-order chi connectivity index (χ0) is 18.1. The summed E-state index contributed by atoms with van der Waals surface area (Å²) in [6.07, 6.45) is -0.150. The van der Waals surface area contributed by atoms with Crippen LogP contribution in [0.25, 0.3) is 0 Å². The fourth-order valence-electron chi connectivity index (χ4n) is 1.35. The van der Waals surface area contributed by atoms with E-state index >= 15 is 0 Å². The average molecular weight is 320 g/mol. The van der Waals surface area contributed by atoms with Crippen LogP contribution in [0.1, 0.15) is 13.8 Å². The minimum absolute atomic E-state index is 0.0529. The van der Waals surface area contributed by atoms with E-state index in [-0.39, 0.29) is 19.3 Å². The standard InChI is InChI=1S/C10H19NO3.C5H11NO2/c1-8(2)7-14-9(3)11(4,5)6-10(12)13;1-6(2,3)4-5(7)8/h9H,1,6-7H2,2-5H3;4H2,1-3H3/p+2. The Balaban J connectivity index is 0. The quantitative estimate of drug-likeness (QED) is 0.394. The molecule has 2 N–H and O–H groups in total. The smallest absolute Gasteiger partial charge is 0.359 e. The minimum Gasteiger partial charge on any atom is -0.477 e. The van der Waals surface area contributed by atoms with Gasteiger partial charge in [0, 0.05) is 6.92 Å². The second-order valence-electron chi connectivity index (χ2n) is 7.04. The summed E-state index contributed by atoms with van der Waals surface area (Å²) >= 11 is 0. The summed E-state index contributed by atoms with van der Waals surface area (Å²) in [5, 5.41) is 16.9. The number of rotatable bonds is 8. The van der Waals surface area contributed by atoms with Crippen molar-refractivity contribution in [2.75, 3.05) is 54.9 Å². The van der Waals surface area contributed by atoms with E-state index < -0.39 is 11.9 Å². The lowest BCUT2D eigenvalue weighted by atomic mass is 10.3. The van der Waals surface area contributed by atoms with Gasteiger partial charge in [-0.05, 0) is 6.92 Å². The largest absolute Gasteiger partial charge is 0.477 e. The van der Waals surface area contributed by atoms with Crippen LogP contribution in [-0.2, 0) is 14.3 Å². The van der Waals surface area contributed by atoms with Crippen LogP contribution < -0.4 is 0 Å². The Morgan fingerprint density at radius 2 is 1.45 bits per heavy atom. The highest BCUT2D eigenvalue weighted by Crippen LogP contribution is 2.08. The fourth-order valence-corrected chi connectivity index (χ4v) is 1.35. The molecule has 0 heterocycles. The molecule has 0 saturated carbocycles. The third-order valence-electron chi connectivity index (χ3n) is 2.71. The predicted octanol–water partition coefficient (Wildman–Crippen LogP) is 0.863. The van der Waals surface area contributed by atoms with Crippen molar-refractivity contribution in [3.05, 3.63) is 12.2 Å². The first-order valence-corrected chi connectivity index (χ1v) is 7.00. The van der Waals surface area contributed by atoms with E-state index in [0.29, 0.717) is 15.6 Å². The average Bonchev–Trinajstić information content (AvgIpc) is 2.20. The zero-order valence-electron chi connectivity index (χ0n) is 14.9. The van der Waals surface area contributed by atoms with Gasteiger partial charge < -0.3 is 19.4 Å². The van der Waals surface area contributed by atoms with Gasteiger partial charge >= 0.3 is 11.9 Å². The van der Waals surface area contributed by atoms with Crippen LogP contribution >= 0.6 is 0 Å². The number of ether oxygens (including phenoxy) is 1. The first kappa shape index (κ1) is 22.8. The van der Waals surface area contributed by atoms with Gasteiger partial charge in [-0.15, -0.1) is 0 Å². The second kappa shape index (κ2) is 9.55. The molecule has 0 bridgehead atoms. The van der Waals surface area contributed by atoms with Crippen molar-refractivity contribution >= 4 is 11.9 Å². The molecule has 1 unspecified atom stereocenters. The van der Waals surface area contributed by atoms with Crippen LogP contribution in [0.15, 0.2) is 12.2 Å². The Bertz CT molecular complexity index is 386. The maximum atomic E-state index is 10.6. The summed E-state index contributed by atoms with van der Waals surface area (Å²) in [4.78, 5) is 20.6. The molecular formula is C15H32N2O5+2. The molecule has 0 aromatic rings. The summed E-state index contributed by atoms with van der Waals surface area (Å²) in [5.41, 5.74) is 0.937.